The Balaban J connectivity index is 1.86. The maximum Gasteiger partial charge on any atom is 0.213 e. The number of ether oxygens (including phenoxy) is 2. The Morgan fingerprint density at radius 3 is 2.48 bits per heavy atom. The van der Waals surface area contributed by atoms with Gasteiger partial charge in [-0.05, 0) is 49.0 Å². The van der Waals surface area contributed by atoms with E-state index in [0.717, 1.165) is 11.8 Å². The fourth-order valence-electron chi connectivity index (χ4n) is 2.25. The van der Waals surface area contributed by atoms with E-state index >= 15 is 0 Å². The summed E-state index contributed by atoms with van der Waals surface area (Å²) in [5.74, 6) is 1.38. The number of methoxy groups -OCH3 is 2. The van der Waals surface area contributed by atoms with Gasteiger partial charge in [0.1, 0.15) is 23.0 Å². The number of benzene rings is 1. The number of hydrogen-bond donors (Lipinski definition) is 1. The van der Waals surface area contributed by atoms with Crippen molar-refractivity contribution >= 4 is 23.8 Å². The molecule has 2 heterocycles. The summed E-state index contributed by atoms with van der Waals surface area (Å²) in [5.41, 5.74) is 0.686. The van der Waals surface area contributed by atoms with Crippen molar-refractivity contribution in [2.24, 2.45) is 0 Å². The van der Waals surface area contributed by atoms with Crippen molar-refractivity contribution in [2.75, 3.05) is 14.2 Å². The van der Waals surface area contributed by atoms with Crippen LogP contribution in [0.2, 0.25) is 0 Å². The van der Waals surface area contributed by atoms with E-state index in [-0.39, 0.29) is 10.1 Å². The highest BCUT2D eigenvalue weighted by atomic mass is 32.2. The molecular formula is C18H16N3O5S-. The first-order chi connectivity index (χ1) is 13.0. The molecule has 0 atom stereocenters. The van der Waals surface area contributed by atoms with Crippen molar-refractivity contribution in [3.05, 3.63) is 46.8 Å². The van der Waals surface area contributed by atoms with Crippen molar-refractivity contribution < 1.29 is 23.8 Å². The Bertz CT molecular complexity index is 970. The molecule has 0 saturated heterocycles. The number of hydrogen-bond acceptors (Lipinski definition) is 8. The summed E-state index contributed by atoms with van der Waals surface area (Å²) < 4.78 is 15.8. The fraction of sp³-hybridized carbons (Fsp3) is 0.167. The summed E-state index contributed by atoms with van der Waals surface area (Å²) in [6, 6.07) is 8.67. The molecule has 9 heteroatoms. The number of nitrogens with zero attached hydrogens (tertiary/aromatic N) is 2. The number of aromatic amines is 1. The molecule has 8 nitrogen and oxygen atoms in total. The number of H-pyrrole nitrogens is 1. The molecule has 0 saturated carbocycles. The number of carboxylic acid groups (broad SMARTS) is 1. The van der Waals surface area contributed by atoms with E-state index in [2.05, 4.69) is 15.2 Å². The van der Waals surface area contributed by atoms with Crippen LogP contribution in [0.4, 0.5) is 0 Å². The van der Waals surface area contributed by atoms with Crippen LogP contribution in [0.15, 0.2) is 44.8 Å². The van der Waals surface area contributed by atoms with Gasteiger partial charge in [-0.1, -0.05) is 0 Å². The molecular weight excluding hydrogens is 370 g/mol. The first kappa shape index (κ1) is 18.6. The molecule has 3 rings (SSSR count). The van der Waals surface area contributed by atoms with E-state index in [1.165, 1.54) is 6.08 Å². The zero-order chi connectivity index (χ0) is 19.4. The molecule has 0 aliphatic rings. The second-order valence-electron chi connectivity index (χ2n) is 5.41. The Kier molecular flexibility index (Phi) is 5.51. The Morgan fingerprint density at radius 1 is 1.22 bits per heavy atom. The molecule has 0 amide bonds. The van der Waals surface area contributed by atoms with Gasteiger partial charge in [-0.15, -0.1) is 5.10 Å². The summed E-state index contributed by atoms with van der Waals surface area (Å²) in [5, 5.41) is 18.5. The van der Waals surface area contributed by atoms with E-state index in [4.69, 9.17) is 13.9 Å². The van der Waals surface area contributed by atoms with E-state index < -0.39 is 5.97 Å². The Hall–Kier alpha value is -3.20. The van der Waals surface area contributed by atoms with E-state index in [9.17, 15) is 9.90 Å². The van der Waals surface area contributed by atoms with Gasteiger partial charge in [0.05, 0.1) is 20.2 Å². The van der Waals surface area contributed by atoms with Gasteiger partial charge in [0.25, 0.3) is 0 Å². The predicted molar refractivity (Wildman–Crippen MR) is 97.2 cm³/mol. The van der Waals surface area contributed by atoms with Crippen molar-refractivity contribution in [2.45, 2.75) is 12.1 Å². The number of aryl methyl sites for hydroxylation is 1. The van der Waals surface area contributed by atoms with Gasteiger partial charge >= 0.3 is 0 Å². The van der Waals surface area contributed by atoms with Gasteiger partial charge < -0.3 is 23.8 Å². The maximum absolute atomic E-state index is 11.4. The molecule has 0 aliphatic carbocycles. The molecule has 27 heavy (non-hydrogen) atoms. The summed E-state index contributed by atoms with van der Waals surface area (Å²) in [6.45, 7) is 1.77. The Labute approximate surface area is 159 Å². The van der Waals surface area contributed by atoms with Crippen LogP contribution < -0.4 is 14.6 Å². The van der Waals surface area contributed by atoms with Gasteiger partial charge in [-0.3, -0.25) is 5.10 Å². The lowest BCUT2D eigenvalue weighted by Crippen LogP contribution is -2.23. The predicted octanol–water partition coefficient (Wildman–Crippen LogP) is 2.27. The zero-order valence-electron chi connectivity index (χ0n) is 14.8. The first-order valence-corrected chi connectivity index (χ1v) is 8.63. The molecule has 140 valence electrons. The van der Waals surface area contributed by atoms with Gasteiger partial charge in [0.15, 0.2) is 5.82 Å². The number of nitrogens with one attached hydrogen (secondary N) is 1. The van der Waals surface area contributed by atoms with Gasteiger partial charge in [-0.2, -0.15) is 0 Å². The van der Waals surface area contributed by atoms with E-state index in [1.54, 1.807) is 51.5 Å². The lowest BCUT2D eigenvalue weighted by molar-refractivity contribution is -0.298. The molecule has 2 aromatic heterocycles. The minimum atomic E-state index is -1.34. The van der Waals surface area contributed by atoms with E-state index in [0.29, 0.717) is 34.4 Å². The van der Waals surface area contributed by atoms with Crippen LogP contribution in [-0.4, -0.2) is 35.4 Å². The number of rotatable bonds is 7. The number of aromatic nitrogens is 3. The summed E-state index contributed by atoms with van der Waals surface area (Å²) in [4.78, 5) is 15.7. The second kappa shape index (κ2) is 8.00. The van der Waals surface area contributed by atoms with Crippen LogP contribution in [0.1, 0.15) is 11.5 Å². The third-order valence-electron chi connectivity index (χ3n) is 3.53. The summed E-state index contributed by atoms with van der Waals surface area (Å²) in [7, 11) is 3.10. The van der Waals surface area contributed by atoms with Gasteiger partial charge in [0.2, 0.25) is 5.16 Å². The molecule has 0 spiro atoms. The number of furan rings is 1. The lowest BCUT2D eigenvalue weighted by Gasteiger charge is -2.06. The van der Waals surface area contributed by atoms with Crippen LogP contribution in [-0.2, 0) is 4.79 Å². The maximum atomic E-state index is 11.4. The number of carboxylic acids is 1. The summed E-state index contributed by atoms with van der Waals surface area (Å²) in [6.07, 6.45) is 1.37. The number of carbonyl (C=O) groups excluding carboxylic acids is 1. The lowest BCUT2D eigenvalue weighted by atomic mass is 10.2. The molecule has 0 fully saturated rings. The number of thioether (sulfide) groups is 1. The number of carbonyl (C=O) groups is 1. The molecule has 1 aromatic carbocycles. The van der Waals surface area contributed by atoms with Crippen LogP contribution in [0, 0.1) is 6.92 Å². The second-order valence-corrected chi connectivity index (χ2v) is 6.42. The van der Waals surface area contributed by atoms with Gasteiger partial charge in [-0.25, -0.2) is 4.98 Å². The highest BCUT2D eigenvalue weighted by Gasteiger charge is 2.12. The Morgan fingerprint density at radius 2 is 1.93 bits per heavy atom. The average molecular weight is 386 g/mol. The van der Waals surface area contributed by atoms with Crippen molar-refractivity contribution in [1.82, 2.24) is 15.2 Å². The molecule has 0 bridgehead atoms. The molecule has 0 unspecified atom stereocenters. The molecule has 0 aliphatic heterocycles. The normalized spacial score (nSPS) is 11.4. The third-order valence-corrected chi connectivity index (χ3v) is 4.40. The van der Waals surface area contributed by atoms with Crippen molar-refractivity contribution in [3.8, 4) is 22.9 Å². The molecule has 0 radical (unpaired) electrons. The quantitative estimate of drug-likeness (QED) is 0.486. The minimum absolute atomic E-state index is 0.0712. The fourth-order valence-corrected chi connectivity index (χ4v) is 2.94. The van der Waals surface area contributed by atoms with Crippen LogP contribution in [0.3, 0.4) is 0 Å². The van der Waals surface area contributed by atoms with Crippen LogP contribution in [0.25, 0.3) is 17.5 Å². The molecule has 1 N–H and O–H groups in total. The van der Waals surface area contributed by atoms with Crippen molar-refractivity contribution in [1.29, 1.82) is 0 Å². The first-order valence-electron chi connectivity index (χ1n) is 7.81. The summed E-state index contributed by atoms with van der Waals surface area (Å²) >= 11 is 0.859. The average Bonchev–Trinajstić information content (AvgIpc) is 3.29. The third kappa shape index (κ3) is 4.50. The largest absolute Gasteiger partial charge is 0.544 e. The van der Waals surface area contributed by atoms with Gasteiger partial charge in [0, 0.05) is 16.5 Å². The topological polar surface area (TPSA) is 113 Å². The highest BCUT2D eigenvalue weighted by molar-refractivity contribution is 8.04. The van der Waals surface area contributed by atoms with Crippen LogP contribution >= 0.6 is 11.8 Å². The standard InChI is InChI=1S/C18H17N3O5S/c1-10-4-5-12(26-10)9-15(17(22)23)27-18-19-16(20-21-18)11-6-13(24-2)8-14(7-11)25-3/h4-9H,1-3H3,(H,22,23)(H,19,20,21)/p-1/b15-9+. The van der Waals surface area contributed by atoms with Crippen LogP contribution in [0.5, 0.6) is 11.5 Å². The monoisotopic (exact) mass is 386 g/mol. The smallest absolute Gasteiger partial charge is 0.213 e. The zero-order valence-corrected chi connectivity index (χ0v) is 15.6. The van der Waals surface area contributed by atoms with Crippen molar-refractivity contribution in [3.63, 3.8) is 0 Å². The SMILES string of the molecule is COc1cc(OC)cc(-c2nc(S/C(=C/c3ccc(C)o3)C(=O)[O-])n[nH]2)c1. The molecule has 3 aromatic rings. The van der Waals surface area contributed by atoms with E-state index in [1.807, 2.05) is 0 Å². The highest BCUT2D eigenvalue weighted by Crippen LogP contribution is 2.30. The number of aliphatic carboxylic acids is 1. The minimum Gasteiger partial charge on any atom is -0.544 e.